The van der Waals surface area contributed by atoms with Crippen LogP contribution in [0.15, 0.2) is 45.8 Å². The molecule has 2 aliphatic rings. The summed E-state index contributed by atoms with van der Waals surface area (Å²) in [6.07, 6.45) is 2.65. The van der Waals surface area contributed by atoms with Crippen molar-refractivity contribution in [3.63, 3.8) is 0 Å². The van der Waals surface area contributed by atoms with Gasteiger partial charge in [-0.15, -0.1) is 0 Å². The molecule has 2 aromatic rings. The van der Waals surface area contributed by atoms with Gasteiger partial charge in [-0.2, -0.15) is 0 Å². The molecule has 4 rings (SSSR count). The van der Waals surface area contributed by atoms with E-state index in [2.05, 4.69) is 53.8 Å². The van der Waals surface area contributed by atoms with Crippen LogP contribution < -0.4 is 10.2 Å². The molecule has 184 valence electrons. The minimum Gasteiger partial charge on any atom is -0.366 e. The molecule has 0 spiro atoms. The number of nitrogens with one attached hydrogen (secondary N) is 1. The number of fused-ring (bicyclic) bond motifs is 1. The van der Waals surface area contributed by atoms with Gasteiger partial charge in [-0.05, 0) is 98.5 Å². The fourth-order valence-corrected chi connectivity index (χ4v) is 6.19. The average molecular weight is 577 g/mol. The summed E-state index contributed by atoms with van der Waals surface area (Å²) in [5, 5.41) is 2.75. The number of nitrogens with zero attached hydrogens (tertiary/aromatic N) is 2. The first-order chi connectivity index (χ1) is 16.5. The van der Waals surface area contributed by atoms with Gasteiger partial charge in [0.05, 0.1) is 4.91 Å². The van der Waals surface area contributed by atoms with Crippen LogP contribution in [-0.2, 0) is 9.59 Å². The molecule has 2 aliphatic heterocycles. The Morgan fingerprint density at radius 1 is 1.26 bits per heavy atom. The highest BCUT2D eigenvalue weighted by atomic mass is 79.9. The standard InChI is InChI=1S/C26H27BrClN3O3S/c1-5-31-21-12-20(28)16(10-19(21)15(2)13-26(31,3)4)11-22-24(33)30(25(34)35-22)14-23(32)29-18-8-6-17(27)7-9-18/h6-12,15H,5,13-14H2,1-4H3,(H,29,32)/b22-11+. The Bertz CT molecular complexity index is 1230. The van der Waals surface area contributed by atoms with Gasteiger partial charge in [0.25, 0.3) is 11.1 Å². The van der Waals surface area contributed by atoms with Crippen molar-refractivity contribution in [1.82, 2.24) is 4.90 Å². The number of hydrogen-bond acceptors (Lipinski definition) is 5. The molecule has 0 aromatic heterocycles. The zero-order chi connectivity index (χ0) is 25.5. The summed E-state index contributed by atoms with van der Waals surface area (Å²) < 4.78 is 0.882. The molecule has 1 fully saturated rings. The summed E-state index contributed by atoms with van der Waals surface area (Å²) in [7, 11) is 0. The van der Waals surface area contributed by atoms with Gasteiger partial charge in [0, 0.05) is 33.0 Å². The van der Waals surface area contributed by atoms with Gasteiger partial charge in [0.15, 0.2) is 0 Å². The maximum absolute atomic E-state index is 13.0. The van der Waals surface area contributed by atoms with Crippen molar-refractivity contribution < 1.29 is 14.4 Å². The molecule has 3 amide bonds. The number of thioether (sulfide) groups is 1. The van der Waals surface area contributed by atoms with Gasteiger partial charge in [-0.1, -0.05) is 34.5 Å². The van der Waals surface area contributed by atoms with E-state index < -0.39 is 17.1 Å². The summed E-state index contributed by atoms with van der Waals surface area (Å²) in [5.41, 5.74) is 3.58. The minimum atomic E-state index is -0.496. The molecule has 35 heavy (non-hydrogen) atoms. The van der Waals surface area contributed by atoms with Crippen LogP contribution in [0.1, 0.15) is 51.2 Å². The van der Waals surface area contributed by atoms with Crippen molar-refractivity contribution in [2.75, 3.05) is 23.3 Å². The van der Waals surface area contributed by atoms with E-state index in [4.69, 9.17) is 11.6 Å². The molecule has 1 saturated heterocycles. The Hall–Kier alpha value is -2.29. The van der Waals surface area contributed by atoms with Crippen LogP contribution >= 0.6 is 39.3 Å². The molecule has 2 aromatic carbocycles. The molecule has 2 heterocycles. The Morgan fingerprint density at radius 2 is 1.94 bits per heavy atom. The zero-order valence-corrected chi connectivity index (χ0v) is 23.2. The average Bonchev–Trinajstić information content (AvgIpc) is 3.03. The Labute approximate surface area is 223 Å². The third kappa shape index (κ3) is 5.29. The summed E-state index contributed by atoms with van der Waals surface area (Å²) in [5.74, 6) is -0.618. The molecular formula is C26H27BrClN3O3S. The molecule has 9 heteroatoms. The first-order valence-electron chi connectivity index (χ1n) is 11.4. The van der Waals surface area contributed by atoms with Crippen molar-refractivity contribution in [3.05, 3.63) is 61.9 Å². The molecule has 1 N–H and O–H groups in total. The Balaban J connectivity index is 1.55. The number of imide groups is 1. The number of benzene rings is 2. The highest BCUT2D eigenvalue weighted by Crippen LogP contribution is 2.45. The van der Waals surface area contributed by atoms with Crippen molar-refractivity contribution in [2.45, 2.75) is 45.6 Å². The highest BCUT2D eigenvalue weighted by Gasteiger charge is 2.38. The fourth-order valence-electron chi connectivity index (χ4n) is 4.88. The number of amides is 3. The van der Waals surface area contributed by atoms with Crippen LogP contribution in [0.5, 0.6) is 0 Å². The smallest absolute Gasteiger partial charge is 0.294 e. The van der Waals surface area contributed by atoms with Gasteiger partial charge >= 0.3 is 0 Å². The molecule has 0 aliphatic carbocycles. The summed E-state index contributed by atoms with van der Waals surface area (Å²) in [6, 6.07) is 11.0. The van der Waals surface area contributed by atoms with Gasteiger partial charge < -0.3 is 10.2 Å². The van der Waals surface area contributed by atoms with Crippen molar-refractivity contribution in [3.8, 4) is 0 Å². The first kappa shape index (κ1) is 25.8. The molecular weight excluding hydrogens is 550 g/mol. The van der Waals surface area contributed by atoms with Gasteiger partial charge in [0.2, 0.25) is 5.91 Å². The number of halogens is 2. The predicted octanol–water partition coefficient (Wildman–Crippen LogP) is 6.89. The first-order valence-corrected chi connectivity index (χ1v) is 13.4. The number of anilines is 2. The van der Waals surface area contributed by atoms with Crippen LogP contribution in [0.25, 0.3) is 6.08 Å². The van der Waals surface area contributed by atoms with Gasteiger partial charge in [-0.25, -0.2) is 0 Å². The van der Waals surface area contributed by atoms with Crippen molar-refractivity contribution in [2.24, 2.45) is 0 Å². The minimum absolute atomic E-state index is 0.0193. The highest BCUT2D eigenvalue weighted by molar-refractivity contribution is 9.10. The van der Waals surface area contributed by atoms with E-state index in [1.807, 2.05) is 12.1 Å². The number of rotatable bonds is 5. The van der Waals surface area contributed by atoms with E-state index in [9.17, 15) is 14.4 Å². The molecule has 1 unspecified atom stereocenters. The van der Waals surface area contributed by atoms with Crippen molar-refractivity contribution >= 4 is 73.8 Å². The second-order valence-electron chi connectivity index (χ2n) is 9.42. The van der Waals surface area contributed by atoms with Crippen LogP contribution in [0.2, 0.25) is 5.02 Å². The van der Waals surface area contributed by atoms with Crippen LogP contribution in [0.4, 0.5) is 16.2 Å². The van der Waals surface area contributed by atoms with Crippen LogP contribution in [-0.4, -0.2) is 40.6 Å². The Kier molecular flexibility index (Phi) is 7.36. The number of carbonyl (C=O) groups is 3. The Morgan fingerprint density at radius 3 is 2.60 bits per heavy atom. The second kappa shape index (κ2) is 9.99. The van der Waals surface area contributed by atoms with E-state index in [-0.39, 0.29) is 17.0 Å². The third-order valence-corrected chi connectivity index (χ3v) is 8.17. The summed E-state index contributed by atoms with van der Waals surface area (Å²) in [4.78, 5) is 41.5. The molecule has 6 nitrogen and oxygen atoms in total. The predicted molar refractivity (Wildman–Crippen MR) is 147 cm³/mol. The second-order valence-corrected chi connectivity index (χ2v) is 11.7. The fraction of sp³-hybridized carbons (Fsp3) is 0.346. The summed E-state index contributed by atoms with van der Waals surface area (Å²) >= 11 is 10.8. The largest absolute Gasteiger partial charge is 0.366 e. The van der Waals surface area contributed by atoms with Crippen LogP contribution in [0, 0.1) is 0 Å². The lowest BCUT2D eigenvalue weighted by Crippen LogP contribution is -2.48. The summed E-state index contributed by atoms with van der Waals surface area (Å²) in [6.45, 7) is 9.31. The lowest BCUT2D eigenvalue weighted by atomic mass is 9.79. The quantitative estimate of drug-likeness (QED) is 0.393. The van der Waals surface area contributed by atoms with E-state index in [0.29, 0.717) is 22.2 Å². The lowest BCUT2D eigenvalue weighted by molar-refractivity contribution is -0.127. The molecule has 0 bridgehead atoms. The van der Waals surface area contributed by atoms with Crippen LogP contribution in [0.3, 0.4) is 0 Å². The van der Waals surface area contributed by atoms with Gasteiger partial charge in [-0.3, -0.25) is 19.3 Å². The topological polar surface area (TPSA) is 69.7 Å². The maximum atomic E-state index is 13.0. The number of carbonyl (C=O) groups excluding carboxylic acids is 3. The van der Waals surface area contributed by atoms with E-state index in [0.717, 1.165) is 39.8 Å². The van der Waals surface area contributed by atoms with Gasteiger partial charge in [0.1, 0.15) is 6.54 Å². The normalized spacial score (nSPS) is 20.4. The third-order valence-electron chi connectivity index (χ3n) is 6.41. The van der Waals surface area contributed by atoms with E-state index in [1.54, 1.807) is 30.3 Å². The molecule has 1 atom stereocenters. The SMILES string of the molecule is CCN1c2cc(Cl)c(/C=C3/SC(=O)N(CC(=O)Nc4ccc(Br)cc4)C3=O)cc2C(C)CC1(C)C. The monoisotopic (exact) mass is 575 g/mol. The van der Waals surface area contributed by atoms with Crippen molar-refractivity contribution in [1.29, 1.82) is 0 Å². The maximum Gasteiger partial charge on any atom is 0.294 e. The molecule has 0 radical (unpaired) electrons. The molecule has 0 saturated carbocycles. The van der Waals surface area contributed by atoms with E-state index >= 15 is 0 Å². The lowest BCUT2D eigenvalue weighted by Gasteiger charge is -2.47. The zero-order valence-electron chi connectivity index (χ0n) is 20.0. The number of hydrogen-bond donors (Lipinski definition) is 1. The van der Waals surface area contributed by atoms with E-state index in [1.165, 1.54) is 5.56 Å².